The van der Waals surface area contributed by atoms with Crippen LogP contribution in [0.3, 0.4) is 0 Å². The molecule has 0 atom stereocenters. The summed E-state index contributed by atoms with van der Waals surface area (Å²) >= 11 is 0. The lowest BCUT2D eigenvalue weighted by molar-refractivity contribution is 0.287. The van der Waals surface area contributed by atoms with Crippen LogP contribution in [0, 0.1) is 0 Å². The van der Waals surface area contributed by atoms with Gasteiger partial charge in [-0.2, -0.15) is 0 Å². The van der Waals surface area contributed by atoms with Crippen molar-refractivity contribution in [3.8, 4) is 11.5 Å². The highest BCUT2D eigenvalue weighted by atomic mass is 16.5. The molecule has 118 valence electrons. The first kappa shape index (κ1) is 13.3. The van der Waals surface area contributed by atoms with E-state index in [-0.39, 0.29) is 0 Å². The van der Waals surface area contributed by atoms with Gasteiger partial charge in [-0.05, 0) is 75.0 Å². The molecule has 2 nitrogen and oxygen atoms in total. The fourth-order valence-corrected chi connectivity index (χ4v) is 6.18. The fourth-order valence-electron chi connectivity index (χ4n) is 6.18. The van der Waals surface area contributed by atoms with Gasteiger partial charge in [-0.25, -0.2) is 0 Å². The Bertz CT molecular complexity index is 513. The molecule has 2 fully saturated rings. The molecule has 1 aromatic carbocycles. The predicted octanol–water partition coefficient (Wildman–Crippen LogP) is 5.21. The van der Waals surface area contributed by atoms with E-state index in [1.807, 2.05) is 14.2 Å². The quantitative estimate of drug-likeness (QED) is 0.746. The maximum Gasteiger partial charge on any atom is 0.126 e. The molecular weight excluding hydrogens is 272 g/mol. The van der Waals surface area contributed by atoms with Crippen LogP contribution in [0.4, 0.5) is 0 Å². The van der Waals surface area contributed by atoms with Crippen LogP contribution in [-0.4, -0.2) is 14.2 Å². The van der Waals surface area contributed by atoms with E-state index in [0.29, 0.717) is 0 Å². The smallest absolute Gasteiger partial charge is 0.126 e. The summed E-state index contributed by atoms with van der Waals surface area (Å²) in [7, 11) is 3.79. The van der Waals surface area contributed by atoms with Crippen LogP contribution in [-0.2, 0) is 0 Å². The molecule has 6 aliphatic carbocycles. The second-order valence-electron chi connectivity index (χ2n) is 7.82. The molecular formula is C20H26O2. The minimum Gasteiger partial charge on any atom is -0.496 e. The summed E-state index contributed by atoms with van der Waals surface area (Å²) in [4.78, 5) is 0. The van der Waals surface area contributed by atoms with Gasteiger partial charge >= 0.3 is 0 Å². The largest absolute Gasteiger partial charge is 0.496 e. The molecule has 4 bridgehead atoms. The number of ether oxygens (including phenoxy) is 2. The summed E-state index contributed by atoms with van der Waals surface area (Å²) in [6, 6.07) is 0. The average Bonchev–Trinajstić information content (AvgIpc) is 2.61. The zero-order chi connectivity index (χ0) is 14.8. The van der Waals surface area contributed by atoms with E-state index in [9.17, 15) is 0 Å². The first-order chi connectivity index (χ1) is 10.8. The molecule has 0 aromatic heterocycles. The molecule has 0 heterocycles. The third-order valence-corrected chi connectivity index (χ3v) is 7.05. The van der Waals surface area contributed by atoms with Crippen LogP contribution in [0.25, 0.3) is 0 Å². The minimum atomic E-state index is 0.717. The second-order valence-corrected chi connectivity index (χ2v) is 7.82. The monoisotopic (exact) mass is 298 g/mol. The van der Waals surface area contributed by atoms with Gasteiger partial charge in [0.15, 0.2) is 0 Å². The number of methoxy groups -OCH3 is 2. The molecule has 0 saturated heterocycles. The number of fused-ring (bicyclic) bond motifs is 4. The summed E-state index contributed by atoms with van der Waals surface area (Å²) in [6.45, 7) is 0. The van der Waals surface area contributed by atoms with Crippen LogP contribution in [0.15, 0.2) is 0 Å². The van der Waals surface area contributed by atoms with Gasteiger partial charge in [-0.3, -0.25) is 0 Å². The molecule has 0 unspecified atom stereocenters. The Morgan fingerprint density at radius 3 is 0.909 bits per heavy atom. The van der Waals surface area contributed by atoms with Crippen molar-refractivity contribution >= 4 is 0 Å². The van der Waals surface area contributed by atoms with Crippen LogP contribution in [0.2, 0.25) is 0 Å². The van der Waals surface area contributed by atoms with Gasteiger partial charge in [0.25, 0.3) is 0 Å². The van der Waals surface area contributed by atoms with Crippen molar-refractivity contribution in [3.63, 3.8) is 0 Å². The standard InChI is InChI=1S/C20H26O2/c1-21-19-15-11-3-7-13(8-4-11)17(15)20(22-2)18-14-9-5-12(6-10-14)16(18)19/h11-14H,3-10H2,1-2H3. The van der Waals surface area contributed by atoms with Gasteiger partial charge < -0.3 is 9.47 Å². The first-order valence-corrected chi connectivity index (χ1v) is 9.15. The summed E-state index contributed by atoms with van der Waals surface area (Å²) < 4.78 is 12.1. The second kappa shape index (κ2) is 4.66. The average molecular weight is 298 g/mol. The summed E-state index contributed by atoms with van der Waals surface area (Å²) in [6.07, 6.45) is 10.8. The van der Waals surface area contributed by atoms with Crippen molar-refractivity contribution < 1.29 is 9.47 Å². The van der Waals surface area contributed by atoms with E-state index < -0.39 is 0 Å². The molecule has 0 aliphatic heterocycles. The van der Waals surface area contributed by atoms with Crippen molar-refractivity contribution in [1.29, 1.82) is 0 Å². The highest BCUT2D eigenvalue weighted by molar-refractivity contribution is 5.66. The normalized spacial score (nSPS) is 34.3. The van der Waals surface area contributed by atoms with Crippen molar-refractivity contribution in [1.82, 2.24) is 0 Å². The van der Waals surface area contributed by atoms with E-state index in [1.165, 1.54) is 62.9 Å². The highest BCUT2D eigenvalue weighted by Gasteiger charge is 2.45. The third kappa shape index (κ3) is 1.51. The van der Waals surface area contributed by atoms with Crippen LogP contribution in [0.1, 0.15) is 97.3 Å². The molecule has 22 heavy (non-hydrogen) atoms. The van der Waals surface area contributed by atoms with Gasteiger partial charge in [-0.1, -0.05) is 0 Å². The molecule has 2 heteroatoms. The molecule has 0 N–H and O–H groups in total. The Kier molecular flexibility index (Phi) is 2.81. The Labute approximate surface area is 133 Å². The van der Waals surface area contributed by atoms with E-state index >= 15 is 0 Å². The molecule has 0 radical (unpaired) electrons. The lowest BCUT2D eigenvalue weighted by Gasteiger charge is -2.46. The van der Waals surface area contributed by atoms with Crippen molar-refractivity contribution in [2.75, 3.05) is 14.2 Å². The van der Waals surface area contributed by atoms with Gasteiger partial charge in [0.1, 0.15) is 11.5 Å². The molecule has 1 aromatic rings. The molecule has 0 amide bonds. The van der Waals surface area contributed by atoms with Gasteiger partial charge in [-0.15, -0.1) is 0 Å². The highest BCUT2D eigenvalue weighted by Crippen LogP contribution is 2.63. The van der Waals surface area contributed by atoms with Gasteiger partial charge in [0, 0.05) is 22.3 Å². The Morgan fingerprint density at radius 2 is 0.727 bits per heavy atom. The zero-order valence-electron chi connectivity index (χ0n) is 13.8. The molecule has 7 rings (SSSR count). The summed E-state index contributed by atoms with van der Waals surface area (Å²) in [5.74, 6) is 5.41. The van der Waals surface area contributed by atoms with Crippen molar-refractivity contribution in [2.45, 2.75) is 75.0 Å². The fraction of sp³-hybridized carbons (Fsp3) is 0.700. The lowest BCUT2D eigenvalue weighted by atomic mass is 9.60. The Balaban J connectivity index is 1.86. The number of rotatable bonds is 2. The topological polar surface area (TPSA) is 18.5 Å². The van der Waals surface area contributed by atoms with E-state index in [0.717, 1.165) is 23.7 Å². The molecule has 2 saturated carbocycles. The minimum absolute atomic E-state index is 0.717. The van der Waals surface area contributed by atoms with E-state index in [1.54, 1.807) is 22.3 Å². The zero-order valence-corrected chi connectivity index (χ0v) is 13.8. The summed E-state index contributed by atoms with van der Waals surface area (Å²) in [5, 5.41) is 0. The number of hydrogen-bond acceptors (Lipinski definition) is 2. The van der Waals surface area contributed by atoms with Gasteiger partial charge in [0.2, 0.25) is 0 Å². The maximum atomic E-state index is 6.06. The maximum absolute atomic E-state index is 6.06. The lowest BCUT2D eigenvalue weighted by Crippen LogP contribution is -2.29. The SMILES string of the molecule is COc1c2c(c(OC)c3c1C1CCC3CC1)C1CCC2CC1. The predicted molar refractivity (Wildman–Crippen MR) is 87.4 cm³/mol. The number of benzene rings is 1. The first-order valence-electron chi connectivity index (χ1n) is 9.15. The van der Waals surface area contributed by atoms with Crippen LogP contribution < -0.4 is 9.47 Å². The van der Waals surface area contributed by atoms with Crippen LogP contribution in [0.5, 0.6) is 11.5 Å². The summed E-state index contributed by atoms with van der Waals surface area (Å²) in [5.41, 5.74) is 6.20. The molecule has 6 aliphatic rings. The van der Waals surface area contributed by atoms with E-state index in [2.05, 4.69) is 0 Å². The Morgan fingerprint density at radius 1 is 0.500 bits per heavy atom. The van der Waals surface area contributed by atoms with Crippen molar-refractivity contribution in [3.05, 3.63) is 22.3 Å². The van der Waals surface area contributed by atoms with Crippen molar-refractivity contribution in [2.24, 2.45) is 0 Å². The Hall–Kier alpha value is -1.18. The van der Waals surface area contributed by atoms with Gasteiger partial charge in [0.05, 0.1) is 14.2 Å². The van der Waals surface area contributed by atoms with E-state index in [4.69, 9.17) is 9.47 Å². The van der Waals surface area contributed by atoms with Crippen LogP contribution >= 0.6 is 0 Å². The molecule has 0 spiro atoms. The third-order valence-electron chi connectivity index (χ3n) is 7.05. The number of hydrogen-bond donors (Lipinski definition) is 0.